The van der Waals surface area contributed by atoms with Crippen molar-refractivity contribution in [3.63, 3.8) is 0 Å². The number of hydrogen-bond acceptors (Lipinski definition) is 4. The lowest BCUT2D eigenvalue weighted by Crippen LogP contribution is -2.34. The molecule has 0 aromatic heterocycles. The van der Waals surface area contributed by atoms with Crippen LogP contribution in [0.1, 0.15) is 35.4 Å². The van der Waals surface area contributed by atoms with Crippen molar-refractivity contribution in [1.82, 2.24) is 5.01 Å². The van der Waals surface area contributed by atoms with Gasteiger partial charge in [0.05, 0.1) is 22.3 Å². The third kappa shape index (κ3) is 3.50. The topological polar surface area (TPSA) is 45.1 Å². The molecule has 2 aliphatic heterocycles. The number of halogens is 3. The van der Waals surface area contributed by atoms with Gasteiger partial charge in [-0.2, -0.15) is 5.10 Å². The van der Waals surface area contributed by atoms with Crippen molar-refractivity contribution in [3.05, 3.63) is 105 Å². The molecule has 0 radical (unpaired) electrons. The molecule has 0 saturated heterocycles. The second kappa shape index (κ2) is 7.84. The minimum Gasteiger partial charge on any atom is -0.507 e. The maximum Gasteiger partial charge on any atom is 0.217 e. The van der Waals surface area contributed by atoms with Crippen LogP contribution >= 0.6 is 34.8 Å². The molecule has 0 spiro atoms. The predicted molar refractivity (Wildman–Crippen MR) is 133 cm³/mol. The van der Waals surface area contributed by atoms with Crippen LogP contribution in [-0.2, 0) is 0 Å². The molecule has 164 valence electrons. The van der Waals surface area contributed by atoms with Crippen LogP contribution in [0.25, 0.3) is 10.8 Å². The number of fused-ring (bicyclic) bond motifs is 4. The van der Waals surface area contributed by atoms with E-state index in [4.69, 9.17) is 44.6 Å². The van der Waals surface area contributed by atoms with Crippen molar-refractivity contribution in [1.29, 1.82) is 0 Å². The highest BCUT2D eigenvalue weighted by atomic mass is 35.5. The lowest BCUT2D eigenvalue weighted by atomic mass is 9.95. The predicted octanol–water partition coefficient (Wildman–Crippen LogP) is 7.75. The van der Waals surface area contributed by atoms with Crippen molar-refractivity contribution in [2.24, 2.45) is 5.10 Å². The van der Waals surface area contributed by atoms with E-state index in [1.54, 1.807) is 24.3 Å². The molecule has 0 saturated carbocycles. The zero-order chi connectivity index (χ0) is 22.7. The highest BCUT2D eigenvalue weighted by molar-refractivity contribution is 6.35. The van der Waals surface area contributed by atoms with Gasteiger partial charge in [-0.25, -0.2) is 5.01 Å². The summed E-state index contributed by atoms with van der Waals surface area (Å²) in [6.07, 6.45) is -0.0544. The van der Waals surface area contributed by atoms with Gasteiger partial charge in [-0.15, -0.1) is 0 Å². The smallest absolute Gasteiger partial charge is 0.217 e. The largest absolute Gasteiger partial charge is 0.507 e. The number of phenolic OH excluding ortho intramolecular Hbond substituents is 1. The fourth-order valence-corrected chi connectivity index (χ4v) is 5.32. The van der Waals surface area contributed by atoms with Crippen LogP contribution in [0, 0.1) is 0 Å². The number of hydrazone groups is 1. The Morgan fingerprint density at radius 2 is 1.64 bits per heavy atom. The molecule has 4 aromatic carbocycles. The molecule has 6 rings (SSSR count). The van der Waals surface area contributed by atoms with E-state index in [-0.39, 0.29) is 11.8 Å². The first-order chi connectivity index (χ1) is 16.0. The van der Waals surface area contributed by atoms with Gasteiger partial charge in [0.15, 0.2) is 0 Å². The molecule has 2 atom stereocenters. The molecule has 7 heteroatoms. The summed E-state index contributed by atoms with van der Waals surface area (Å²) in [5.74, 6) is 0.618. The summed E-state index contributed by atoms with van der Waals surface area (Å²) in [6, 6.07) is 22.8. The van der Waals surface area contributed by atoms with Gasteiger partial charge in [0.25, 0.3) is 0 Å². The Morgan fingerprint density at radius 3 is 2.48 bits per heavy atom. The van der Waals surface area contributed by atoms with Gasteiger partial charge in [0.1, 0.15) is 11.5 Å². The van der Waals surface area contributed by atoms with Crippen molar-refractivity contribution >= 4 is 51.3 Å². The van der Waals surface area contributed by atoms with E-state index in [2.05, 4.69) is 30.3 Å². The van der Waals surface area contributed by atoms with Gasteiger partial charge in [0.2, 0.25) is 6.23 Å². The number of hydrogen-bond donors (Lipinski definition) is 1. The van der Waals surface area contributed by atoms with Crippen molar-refractivity contribution in [2.75, 3.05) is 0 Å². The van der Waals surface area contributed by atoms with Gasteiger partial charge < -0.3 is 9.84 Å². The highest BCUT2D eigenvalue weighted by Crippen LogP contribution is 2.52. The van der Waals surface area contributed by atoms with Crippen molar-refractivity contribution in [2.45, 2.75) is 18.7 Å². The molecule has 0 aliphatic carbocycles. The number of nitrogens with zero attached hydrogens (tertiary/aromatic N) is 2. The van der Waals surface area contributed by atoms with Crippen LogP contribution in [0.3, 0.4) is 0 Å². The summed E-state index contributed by atoms with van der Waals surface area (Å²) >= 11 is 19.1. The van der Waals surface area contributed by atoms with Crippen molar-refractivity contribution < 1.29 is 9.84 Å². The number of rotatable bonds is 2. The van der Waals surface area contributed by atoms with Gasteiger partial charge in [-0.3, -0.25) is 0 Å². The Kier molecular flexibility index (Phi) is 4.91. The number of ether oxygens (including phenoxy) is 1. The third-order valence-electron chi connectivity index (χ3n) is 6.15. The SMILES string of the molecule is Oc1ccc(Cl)cc1[C@@H]1Oc2c(Cl)cc(Cl)cc2[C@@H]2CC(c3ccc4ccccc4c3)=NN21. The molecular weight excluding hydrogens is 479 g/mol. The average Bonchev–Trinajstić information content (AvgIpc) is 3.26. The fraction of sp³-hybridized carbons (Fsp3) is 0.115. The Labute approximate surface area is 205 Å². The molecule has 0 bridgehead atoms. The standard InChI is InChI=1S/C26H17Cl3N2O2/c27-17-7-8-24(32)20(10-17)26-31-23(19-11-18(28)12-21(29)25(19)33-26)13-22(30-31)16-6-5-14-3-1-2-4-15(14)9-16/h1-12,23,26,32H,13H2/t23-,26-/m0/s1. The van der Waals surface area contributed by atoms with Gasteiger partial charge in [-0.05, 0) is 52.7 Å². The van der Waals surface area contributed by atoms with Crippen molar-refractivity contribution in [3.8, 4) is 11.5 Å². The first-order valence-electron chi connectivity index (χ1n) is 10.5. The number of benzene rings is 4. The van der Waals surface area contributed by atoms with Gasteiger partial charge in [-0.1, -0.05) is 71.2 Å². The van der Waals surface area contributed by atoms with E-state index in [1.165, 1.54) is 5.39 Å². The lowest BCUT2D eigenvalue weighted by Gasteiger charge is -2.38. The van der Waals surface area contributed by atoms with Crippen LogP contribution in [0.2, 0.25) is 15.1 Å². The van der Waals surface area contributed by atoms with Gasteiger partial charge >= 0.3 is 0 Å². The minimum atomic E-state index is -0.696. The van der Waals surface area contributed by atoms with E-state index < -0.39 is 6.23 Å². The molecule has 33 heavy (non-hydrogen) atoms. The first kappa shape index (κ1) is 20.7. The normalized spacial score (nSPS) is 19.1. The van der Waals surface area contributed by atoms with E-state index in [0.717, 1.165) is 22.2 Å². The molecule has 2 aliphatic rings. The highest BCUT2D eigenvalue weighted by Gasteiger charge is 2.43. The molecule has 0 unspecified atom stereocenters. The first-order valence-corrected chi connectivity index (χ1v) is 11.6. The molecule has 4 nitrogen and oxygen atoms in total. The van der Waals surface area contributed by atoms with Crippen LogP contribution in [0.5, 0.6) is 11.5 Å². The second-order valence-electron chi connectivity index (χ2n) is 8.19. The maximum atomic E-state index is 10.6. The summed E-state index contributed by atoms with van der Waals surface area (Å²) in [5.41, 5.74) is 3.34. The van der Waals surface area contributed by atoms with Crippen LogP contribution in [-0.4, -0.2) is 15.8 Å². The lowest BCUT2D eigenvalue weighted by molar-refractivity contribution is -0.0202. The van der Waals surface area contributed by atoms with Gasteiger partial charge in [0, 0.05) is 22.0 Å². The van der Waals surface area contributed by atoms with Crippen LogP contribution in [0.4, 0.5) is 0 Å². The third-order valence-corrected chi connectivity index (χ3v) is 6.88. The van der Waals surface area contributed by atoms with E-state index >= 15 is 0 Å². The molecule has 2 heterocycles. The molecule has 0 fully saturated rings. The zero-order valence-corrected chi connectivity index (χ0v) is 19.4. The maximum absolute atomic E-state index is 10.6. The molecule has 1 N–H and O–H groups in total. The summed E-state index contributed by atoms with van der Waals surface area (Å²) in [4.78, 5) is 0. The number of phenols is 1. The summed E-state index contributed by atoms with van der Waals surface area (Å²) in [7, 11) is 0. The monoisotopic (exact) mass is 494 g/mol. The van der Waals surface area contributed by atoms with E-state index in [9.17, 15) is 5.11 Å². The Bertz CT molecular complexity index is 1450. The zero-order valence-electron chi connectivity index (χ0n) is 17.2. The second-order valence-corrected chi connectivity index (χ2v) is 9.47. The fourth-order valence-electron chi connectivity index (χ4n) is 4.59. The molecule has 0 amide bonds. The summed E-state index contributed by atoms with van der Waals surface area (Å²) in [6.45, 7) is 0. The Hall–Kier alpha value is -2.92. The van der Waals surface area contributed by atoms with Crippen LogP contribution in [0.15, 0.2) is 77.9 Å². The quantitative estimate of drug-likeness (QED) is 0.309. The minimum absolute atomic E-state index is 0.0750. The summed E-state index contributed by atoms with van der Waals surface area (Å²) in [5, 5.41) is 21.2. The molecular formula is C26H17Cl3N2O2. The molecule has 4 aromatic rings. The Balaban J connectivity index is 1.50. The number of aromatic hydroxyl groups is 1. The van der Waals surface area contributed by atoms with E-state index in [1.807, 2.05) is 23.2 Å². The average molecular weight is 496 g/mol. The van der Waals surface area contributed by atoms with Crippen LogP contribution < -0.4 is 4.74 Å². The Morgan fingerprint density at radius 1 is 0.848 bits per heavy atom. The van der Waals surface area contributed by atoms with E-state index in [0.29, 0.717) is 32.8 Å². The summed E-state index contributed by atoms with van der Waals surface area (Å²) < 4.78 is 6.32.